The fourth-order valence-electron chi connectivity index (χ4n) is 1.97. The van der Waals surface area contributed by atoms with Crippen molar-refractivity contribution in [2.45, 2.75) is 30.8 Å². The zero-order valence-corrected chi connectivity index (χ0v) is 11.7. The Morgan fingerprint density at radius 2 is 2.05 bits per heavy atom. The van der Waals surface area contributed by atoms with E-state index in [9.17, 15) is 0 Å². The minimum atomic E-state index is 0.583. The first-order valence-corrected chi connectivity index (χ1v) is 7.42. The van der Waals surface area contributed by atoms with Crippen LogP contribution in [0.25, 0.3) is 5.69 Å². The van der Waals surface area contributed by atoms with Crippen molar-refractivity contribution in [3.63, 3.8) is 0 Å². The molecule has 0 atom stereocenters. The van der Waals surface area contributed by atoms with E-state index in [1.807, 2.05) is 25.1 Å². The first kappa shape index (κ1) is 12.3. The van der Waals surface area contributed by atoms with Crippen LogP contribution in [0.4, 0.5) is 0 Å². The Balaban J connectivity index is 1.97. The van der Waals surface area contributed by atoms with Crippen LogP contribution in [0.1, 0.15) is 31.5 Å². The lowest BCUT2D eigenvalue weighted by atomic mass is 10.3. The molecule has 0 unspecified atom stereocenters. The highest BCUT2D eigenvalue weighted by Gasteiger charge is 2.30. The number of hydrogen-bond donors (Lipinski definition) is 0. The molecule has 0 aliphatic heterocycles. The first-order valence-electron chi connectivity index (χ1n) is 6.43. The summed E-state index contributed by atoms with van der Waals surface area (Å²) in [5, 5.41) is 9.65. The van der Waals surface area contributed by atoms with Gasteiger partial charge in [-0.3, -0.25) is 4.57 Å². The quantitative estimate of drug-likeness (QED) is 0.630. The van der Waals surface area contributed by atoms with E-state index in [0.717, 1.165) is 22.4 Å². The van der Waals surface area contributed by atoms with Gasteiger partial charge >= 0.3 is 0 Å². The van der Waals surface area contributed by atoms with Gasteiger partial charge in [0.05, 0.1) is 5.75 Å². The van der Waals surface area contributed by atoms with Crippen LogP contribution >= 0.6 is 11.8 Å². The van der Waals surface area contributed by atoms with Gasteiger partial charge in [-0.15, -0.1) is 16.1 Å². The van der Waals surface area contributed by atoms with Crippen molar-refractivity contribution in [1.82, 2.24) is 14.8 Å². The van der Waals surface area contributed by atoms with E-state index in [1.54, 1.807) is 11.8 Å². The molecule has 3 rings (SSSR count). The topological polar surface area (TPSA) is 30.7 Å². The Bertz CT molecular complexity index is 618. The molecule has 1 aliphatic carbocycles. The van der Waals surface area contributed by atoms with Crippen molar-refractivity contribution in [1.29, 1.82) is 0 Å². The molecule has 19 heavy (non-hydrogen) atoms. The molecule has 0 amide bonds. The summed E-state index contributed by atoms with van der Waals surface area (Å²) in [7, 11) is 0. The van der Waals surface area contributed by atoms with Crippen LogP contribution in [0.15, 0.2) is 35.5 Å². The highest BCUT2D eigenvalue weighted by atomic mass is 32.2. The average molecular weight is 269 g/mol. The summed E-state index contributed by atoms with van der Waals surface area (Å²) < 4.78 is 2.18. The van der Waals surface area contributed by atoms with Crippen LogP contribution in [-0.4, -0.2) is 20.5 Å². The molecule has 0 bridgehead atoms. The summed E-state index contributed by atoms with van der Waals surface area (Å²) in [5.74, 6) is 8.41. The van der Waals surface area contributed by atoms with Gasteiger partial charge < -0.3 is 0 Å². The number of benzene rings is 1. The van der Waals surface area contributed by atoms with Gasteiger partial charge in [0.1, 0.15) is 5.82 Å². The average Bonchev–Trinajstić information content (AvgIpc) is 3.21. The maximum atomic E-state index is 4.38. The maximum Gasteiger partial charge on any atom is 0.196 e. The van der Waals surface area contributed by atoms with Gasteiger partial charge in [-0.05, 0) is 31.9 Å². The van der Waals surface area contributed by atoms with Crippen molar-refractivity contribution < 1.29 is 0 Å². The number of para-hydroxylation sites is 1. The minimum absolute atomic E-state index is 0.583. The Kier molecular flexibility index (Phi) is 3.56. The van der Waals surface area contributed by atoms with Gasteiger partial charge in [0, 0.05) is 11.6 Å². The van der Waals surface area contributed by atoms with E-state index in [0.29, 0.717) is 5.92 Å². The smallest absolute Gasteiger partial charge is 0.196 e. The van der Waals surface area contributed by atoms with Crippen LogP contribution in [-0.2, 0) is 0 Å². The van der Waals surface area contributed by atoms with Crippen molar-refractivity contribution >= 4 is 11.8 Å². The molecule has 0 N–H and O–H groups in total. The maximum absolute atomic E-state index is 4.38. The van der Waals surface area contributed by atoms with Crippen molar-refractivity contribution in [3.8, 4) is 17.5 Å². The fourth-order valence-corrected chi connectivity index (χ4v) is 2.75. The molecule has 4 heteroatoms. The van der Waals surface area contributed by atoms with Gasteiger partial charge in [-0.1, -0.05) is 35.9 Å². The molecular formula is C15H15N3S. The summed E-state index contributed by atoms with van der Waals surface area (Å²) in [6.45, 7) is 1.86. The Morgan fingerprint density at radius 1 is 1.26 bits per heavy atom. The minimum Gasteiger partial charge on any atom is -0.274 e. The number of aromatic nitrogens is 3. The van der Waals surface area contributed by atoms with Gasteiger partial charge in [0.15, 0.2) is 5.16 Å². The van der Waals surface area contributed by atoms with Gasteiger partial charge in [0.2, 0.25) is 0 Å². The molecule has 0 saturated heterocycles. The summed E-state index contributed by atoms with van der Waals surface area (Å²) >= 11 is 1.65. The lowest BCUT2D eigenvalue weighted by Crippen LogP contribution is -2.01. The third kappa shape index (κ3) is 2.66. The zero-order chi connectivity index (χ0) is 13.1. The van der Waals surface area contributed by atoms with E-state index in [-0.39, 0.29) is 0 Å². The van der Waals surface area contributed by atoms with Crippen molar-refractivity contribution in [2.75, 3.05) is 5.75 Å². The Labute approximate surface area is 117 Å². The number of thioether (sulfide) groups is 1. The van der Waals surface area contributed by atoms with Crippen LogP contribution in [0.3, 0.4) is 0 Å². The molecule has 1 aromatic heterocycles. The molecule has 1 heterocycles. The Morgan fingerprint density at radius 3 is 2.74 bits per heavy atom. The van der Waals surface area contributed by atoms with Gasteiger partial charge in [0.25, 0.3) is 0 Å². The molecule has 1 aliphatic rings. The largest absolute Gasteiger partial charge is 0.274 e. The highest BCUT2D eigenvalue weighted by Crippen LogP contribution is 2.41. The summed E-state index contributed by atoms with van der Waals surface area (Å²) in [6.07, 6.45) is 2.45. The molecule has 2 aromatic rings. The van der Waals surface area contributed by atoms with Crippen LogP contribution < -0.4 is 0 Å². The van der Waals surface area contributed by atoms with E-state index < -0.39 is 0 Å². The standard InChI is InChI=1S/C15H15N3S/c1-2-3-11-19-15-17-16-14(12-9-10-12)18(15)13-7-5-4-6-8-13/h4-8,12H,9-11H2,1H3. The monoisotopic (exact) mass is 269 g/mol. The summed E-state index contributed by atoms with van der Waals surface area (Å²) in [5.41, 5.74) is 1.14. The first-order chi connectivity index (χ1) is 9.40. The lowest BCUT2D eigenvalue weighted by Gasteiger charge is -2.08. The Hall–Kier alpha value is -1.73. The summed E-state index contributed by atoms with van der Waals surface area (Å²) in [4.78, 5) is 0. The predicted molar refractivity (Wildman–Crippen MR) is 77.5 cm³/mol. The summed E-state index contributed by atoms with van der Waals surface area (Å²) in [6, 6.07) is 10.3. The molecule has 0 radical (unpaired) electrons. The van der Waals surface area contributed by atoms with E-state index >= 15 is 0 Å². The SMILES string of the molecule is CC#CCSc1nnc(C2CC2)n1-c1ccccc1. The van der Waals surface area contributed by atoms with Crippen LogP contribution in [0.5, 0.6) is 0 Å². The molecule has 1 saturated carbocycles. The van der Waals surface area contributed by atoms with Gasteiger partial charge in [-0.2, -0.15) is 0 Å². The second-order valence-electron chi connectivity index (χ2n) is 4.50. The third-order valence-electron chi connectivity index (χ3n) is 3.07. The van der Waals surface area contributed by atoms with Crippen molar-refractivity contribution in [3.05, 3.63) is 36.2 Å². The van der Waals surface area contributed by atoms with Crippen LogP contribution in [0.2, 0.25) is 0 Å². The van der Waals surface area contributed by atoms with E-state index in [2.05, 4.69) is 38.7 Å². The van der Waals surface area contributed by atoms with Crippen molar-refractivity contribution in [2.24, 2.45) is 0 Å². The molecule has 1 aromatic carbocycles. The number of rotatable bonds is 4. The molecule has 0 spiro atoms. The molecule has 96 valence electrons. The van der Waals surface area contributed by atoms with Gasteiger partial charge in [-0.25, -0.2) is 0 Å². The second kappa shape index (κ2) is 5.50. The number of nitrogens with zero attached hydrogens (tertiary/aromatic N) is 3. The highest BCUT2D eigenvalue weighted by molar-refractivity contribution is 7.99. The number of hydrogen-bond acceptors (Lipinski definition) is 3. The molecule has 1 fully saturated rings. The second-order valence-corrected chi connectivity index (χ2v) is 5.44. The zero-order valence-electron chi connectivity index (χ0n) is 10.8. The van der Waals surface area contributed by atoms with E-state index in [4.69, 9.17) is 0 Å². The lowest BCUT2D eigenvalue weighted by molar-refractivity contribution is 0.830. The fraction of sp³-hybridized carbons (Fsp3) is 0.333. The van der Waals surface area contributed by atoms with E-state index in [1.165, 1.54) is 12.8 Å². The predicted octanol–water partition coefficient (Wildman–Crippen LogP) is 3.26. The van der Waals surface area contributed by atoms with Crippen LogP contribution in [0, 0.1) is 11.8 Å². The third-order valence-corrected chi connectivity index (χ3v) is 3.88. The molecule has 3 nitrogen and oxygen atoms in total. The molecular weight excluding hydrogens is 254 g/mol. The normalized spacial score (nSPS) is 13.9.